The maximum atomic E-state index is 13.4. The summed E-state index contributed by atoms with van der Waals surface area (Å²) in [6, 6.07) is 6.02. The Kier molecular flexibility index (Phi) is 5.27. The maximum absolute atomic E-state index is 13.4. The number of carbonyl (C=O) groups excluding carboxylic acids is 1. The van der Waals surface area contributed by atoms with Gasteiger partial charge in [-0.05, 0) is 26.0 Å². The summed E-state index contributed by atoms with van der Waals surface area (Å²) in [7, 11) is 0. The van der Waals surface area contributed by atoms with Crippen molar-refractivity contribution >= 4 is 11.6 Å². The van der Waals surface area contributed by atoms with Crippen LogP contribution in [0.1, 0.15) is 13.8 Å². The fraction of sp³-hybridized carbons (Fsp3) is 0.533. The van der Waals surface area contributed by atoms with Crippen LogP contribution in [-0.4, -0.2) is 43.9 Å². The van der Waals surface area contributed by atoms with E-state index in [1.54, 1.807) is 12.1 Å². The summed E-state index contributed by atoms with van der Waals surface area (Å²) in [5.41, 5.74) is -0.0790. The maximum Gasteiger partial charge on any atom is 0.250 e. The number of hydrogen-bond acceptors (Lipinski definition) is 4. The highest BCUT2D eigenvalue weighted by atomic mass is 19.1. The molecular weight excluding hydrogens is 275 g/mol. The first kappa shape index (κ1) is 15.9. The Balaban J connectivity index is 1.71. The van der Waals surface area contributed by atoms with Gasteiger partial charge >= 0.3 is 0 Å². The third-order valence-electron chi connectivity index (χ3n) is 3.09. The smallest absolute Gasteiger partial charge is 0.250 e. The number of ether oxygens (including phenoxy) is 2. The molecule has 5 nitrogen and oxygen atoms in total. The largest absolute Gasteiger partial charge is 0.369 e. The molecule has 0 bridgehead atoms. The average Bonchev–Trinajstić information content (AvgIpc) is 2.40. The number of benzene rings is 1. The van der Waals surface area contributed by atoms with Gasteiger partial charge < -0.3 is 20.1 Å². The first-order valence-electron chi connectivity index (χ1n) is 6.97. The van der Waals surface area contributed by atoms with Gasteiger partial charge in [0.25, 0.3) is 0 Å². The standard InChI is InChI=1S/C15H21FN2O3/c1-15(2)10-17-7-11(21-15)8-20-9-14(19)18-13-6-4-3-5-12(13)16/h3-6,11,17H,7-10H2,1-2H3,(H,18,19). The third kappa shape index (κ3) is 5.08. The van der Waals surface area contributed by atoms with Crippen LogP contribution in [0, 0.1) is 5.82 Å². The Morgan fingerprint density at radius 3 is 3.00 bits per heavy atom. The van der Waals surface area contributed by atoms with E-state index in [1.165, 1.54) is 12.1 Å². The normalized spacial score (nSPS) is 21.0. The fourth-order valence-corrected chi connectivity index (χ4v) is 2.19. The third-order valence-corrected chi connectivity index (χ3v) is 3.09. The van der Waals surface area contributed by atoms with Crippen molar-refractivity contribution in [2.45, 2.75) is 25.6 Å². The molecule has 1 atom stereocenters. The highest BCUT2D eigenvalue weighted by molar-refractivity contribution is 5.91. The minimum atomic E-state index is -0.465. The van der Waals surface area contributed by atoms with Gasteiger partial charge in [0.05, 0.1) is 24.0 Å². The number of halogens is 1. The average molecular weight is 296 g/mol. The fourth-order valence-electron chi connectivity index (χ4n) is 2.19. The Hall–Kier alpha value is -1.50. The number of morpholine rings is 1. The zero-order chi connectivity index (χ0) is 15.3. The number of hydrogen-bond donors (Lipinski definition) is 2. The Morgan fingerprint density at radius 2 is 2.29 bits per heavy atom. The lowest BCUT2D eigenvalue weighted by Crippen LogP contribution is -2.52. The van der Waals surface area contributed by atoms with Gasteiger partial charge in [0, 0.05) is 13.1 Å². The van der Waals surface area contributed by atoms with Crippen LogP contribution >= 0.6 is 0 Å². The molecule has 1 amide bonds. The minimum absolute atomic E-state index is 0.0880. The monoisotopic (exact) mass is 296 g/mol. The molecule has 1 fully saturated rings. The van der Waals surface area contributed by atoms with Crippen LogP contribution in [-0.2, 0) is 14.3 Å². The van der Waals surface area contributed by atoms with E-state index in [0.29, 0.717) is 13.2 Å². The molecule has 1 heterocycles. The molecule has 1 aromatic carbocycles. The summed E-state index contributed by atoms with van der Waals surface area (Å²) in [6.07, 6.45) is -0.0880. The lowest BCUT2D eigenvalue weighted by molar-refractivity contribution is -0.132. The highest BCUT2D eigenvalue weighted by Gasteiger charge is 2.28. The van der Waals surface area contributed by atoms with Gasteiger partial charge in [-0.1, -0.05) is 12.1 Å². The molecule has 6 heteroatoms. The van der Waals surface area contributed by atoms with Crippen molar-refractivity contribution < 1.29 is 18.7 Å². The first-order valence-corrected chi connectivity index (χ1v) is 6.97. The summed E-state index contributed by atoms with van der Waals surface area (Å²) in [6.45, 7) is 5.67. The lowest BCUT2D eigenvalue weighted by atomic mass is 10.1. The topological polar surface area (TPSA) is 59.6 Å². The number of rotatable bonds is 5. The van der Waals surface area contributed by atoms with E-state index < -0.39 is 5.82 Å². The van der Waals surface area contributed by atoms with Gasteiger partial charge in [0.1, 0.15) is 12.4 Å². The summed E-state index contributed by atoms with van der Waals surface area (Å²) in [4.78, 5) is 11.7. The first-order chi connectivity index (χ1) is 9.96. The van der Waals surface area contributed by atoms with E-state index in [-0.39, 0.29) is 29.9 Å². The van der Waals surface area contributed by atoms with Gasteiger partial charge in [0.15, 0.2) is 0 Å². The lowest BCUT2D eigenvalue weighted by Gasteiger charge is -2.36. The van der Waals surface area contributed by atoms with Crippen molar-refractivity contribution in [2.24, 2.45) is 0 Å². The van der Waals surface area contributed by atoms with Gasteiger partial charge in [-0.15, -0.1) is 0 Å². The van der Waals surface area contributed by atoms with Crippen LogP contribution in [0.2, 0.25) is 0 Å². The molecule has 1 saturated heterocycles. The molecule has 1 unspecified atom stereocenters. The number of carbonyl (C=O) groups is 1. The predicted octanol–water partition coefficient (Wildman–Crippen LogP) is 1.55. The number of amides is 1. The highest BCUT2D eigenvalue weighted by Crippen LogP contribution is 2.15. The van der Waals surface area contributed by atoms with Crippen LogP contribution < -0.4 is 10.6 Å². The molecule has 0 aromatic heterocycles. The van der Waals surface area contributed by atoms with Crippen molar-refractivity contribution in [3.8, 4) is 0 Å². The molecule has 0 spiro atoms. The molecule has 116 valence electrons. The van der Waals surface area contributed by atoms with Crippen LogP contribution in [0.5, 0.6) is 0 Å². The minimum Gasteiger partial charge on any atom is -0.369 e. The van der Waals surface area contributed by atoms with Gasteiger partial charge in [0.2, 0.25) is 5.91 Å². The quantitative estimate of drug-likeness (QED) is 0.865. The van der Waals surface area contributed by atoms with Gasteiger partial charge in [-0.3, -0.25) is 4.79 Å². The van der Waals surface area contributed by atoms with Crippen LogP contribution in [0.15, 0.2) is 24.3 Å². The second kappa shape index (κ2) is 6.98. The summed E-state index contributed by atoms with van der Waals surface area (Å²) in [5.74, 6) is -0.851. The molecule has 2 N–H and O–H groups in total. The summed E-state index contributed by atoms with van der Waals surface area (Å²) in [5, 5.41) is 5.72. The van der Waals surface area contributed by atoms with E-state index in [9.17, 15) is 9.18 Å². The number of nitrogens with one attached hydrogen (secondary N) is 2. The van der Waals surface area contributed by atoms with Crippen molar-refractivity contribution in [3.05, 3.63) is 30.1 Å². The van der Waals surface area contributed by atoms with Crippen LogP contribution in [0.3, 0.4) is 0 Å². The molecule has 0 aliphatic carbocycles. The van der Waals surface area contributed by atoms with E-state index in [2.05, 4.69) is 10.6 Å². The van der Waals surface area contributed by atoms with Gasteiger partial charge in [-0.25, -0.2) is 4.39 Å². The van der Waals surface area contributed by atoms with Crippen molar-refractivity contribution in [2.75, 3.05) is 31.6 Å². The van der Waals surface area contributed by atoms with Crippen molar-refractivity contribution in [1.29, 1.82) is 0 Å². The van der Waals surface area contributed by atoms with E-state index in [1.807, 2.05) is 13.8 Å². The Morgan fingerprint density at radius 1 is 1.52 bits per heavy atom. The molecule has 21 heavy (non-hydrogen) atoms. The second-order valence-electron chi connectivity index (χ2n) is 5.67. The van der Waals surface area contributed by atoms with E-state index in [0.717, 1.165) is 6.54 Å². The predicted molar refractivity (Wildman–Crippen MR) is 77.7 cm³/mol. The van der Waals surface area contributed by atoms with Crippen molar-refractivity contribution in [3.63, 3.8) is 0 Å². The Bertz CT molecular complexity index is 494. The van der Waals surface area contributed by atoms with Crippen molar-refractivity contribution in [1.82, 2.24) is 5.32 Å². The summed E-state index contributed by atoms with van der Waals surface area (Å²) >= 11 is 0. The van der Waals surface area contributed by atoms with Crippen LogP contribution in [0.25, 0.3) is 0 Å². The second-order valence-corrected chi connectivity index (χ2v) is 5.67. The zero-order valence-electron chi connectivity index (χ0n) is 12.3. The zero-order valence-corrected chi connectivity index (χ0v) is 12.3. The SMILES string of the molecule is CC1(C)CNCC(COCC(=O)Nc2ccccc2F)O1. The van der Waals surface area contributed by atoms with Crippen LogP contribution in [0.4, 0.5) is 10.1 Å². The number of anilines is 1. The Labute approximate surface area is 123 Å². The molecule has 1 aliphatic rings. The summed E-state index contributed by atoms with van der Waals surface area (Å²) < 4.78 is 24.5. The van der Waals surface area contributed by atoms with E-state index in [4.69, 9.17) is 9.47 Å². The van der Waals surface area contributed by atoms with Gasteiger partial charge in [-0.2, -0.15) is 0 Å². The molecule has 0 radical (unpaired) electrons. The van der Waals surface area contributed by atoms with E-state index >= 15 is 0 Å². The molecular formula is C15H21FN2O3. The molecule has 0 saturated carbocycles. The number of para-hydroxylation sites is 1. The molecule has 1 aliphatic heterocycles. The molecule has 2 rings (SSSR count). The molecule has 1 aromatic rings.